The second kappa shape index (κ2) is 7.53. The third-order valence-corrected chi connectivity index (χ3v) is 4.58. The lowest BCUT2D eigenvalue weighted by Crippen LogP contribution is -2.28. The van der Waals surface area contributed by atoms with Crippen LogP contribution >= 0.6 is 0 Å². The SMILES string of the molecule is c1coc(-c2ccc(Cc3ccc(OC[C@H]4CCCN4)cc3)cc2)n1. The Balaban J connectivity index is 1.34. The van der Waals surface area contributed by atoms with E-state index in [1.807, 2.05) is 12.1 Å². The fourth-order valence-corrected chi connectivity index (χ4v) is 3.17. The minimum Gasteiger partial charge on any atom is -0.492 e. The highest BCUT2D eigenvalue weighted by atomic mass is 16.5. The molecule has 2 aromatic carbocycles. The highest BCUT2D eigenvalue weighted by Crippen LogP contribution is 2.20. The molecular weight excluding hydrogens is 312 g/mol. The quantitative estimate of drug-likeness (QED) is 0.738. The van der Waals surface area contributed by atoms with Gasteiger partial charge in [-0.15, -0.1) is 0 Å². The number of hydrogen-bond donors (Lipinski definition) is 1. The van der Waals surface area contributed by atoms with Crippen molar-refractivity contribution in [3.8, 4) is 17.2 Å². The average Bonchev–Trinajstić information content (AvgIpc) is 3.36. The van der Waals surface area contributed by atoms with Gasteiger partial charge in [-0.25, -0.2) is 4.98 Å². The molecule has 3 aromatic rings. The molecule has 1 aliphatic heterocycles. The summed E-state index contributed by atoms with van der Waals surface area (Å²) in [6.07, 6.45) is 6.62. The van der Waals surface area contributed by atoms with E-state index < -0.39 is 0 Å². The molecular formula is C21H22N2O2. The molecule has 0 radical (unpaired) electrons. The van der Waals surface area contributed by atoms with Crippen LogP contribution in [0.1, 0.15) is 24.0 Å². The summed E-state index contributed by atoms with van der Waals surface area (Å²) in [7, 11) is 0. The molecule has 1 aromatic heterocycles. The molecule has 0 spiro atoms. The zero-order valence-corrected chi connectivity index (χ0v) is 14.2. The number of nitrogens with one attached hydrogen (secondary N) is 1. The van der Waals surface area contributed by atoms with Crippen molar-refractivity contribution in [2.24, 2.45) is 0 Å². The molecule has 25 heavy (non-hydrogen) atoms. The second-order valence-corrected chi connectivity index (χ2v) is 6.46. The van der Waals surface area contributed by atoms with Gasteiger partial charge in [0.15, 0.2) is 0 Å². The molecule has 0 aliphatic carbocycles. The number of rotatable bonds is 6. The van der Waals surface area contributed by atoms with Crippen molar-refractivity contribution < 1.29 is 9.15 Å². The van der Waals surface area contributed by atoms with Crippen LogP contribution in [0, 0.1) is 0 Å². The lowest BCUT2D eigenvalue weighted by atomic mass is 10.0. The fraction of sp³-hybridized carbons (Fsp3) is 0.286. The van der Waals surface area contributed by atoms with E-state index in [9.17, 15) is 0 Å². The Morgan fingerprint density at radius 1 is 1.04 bits per heavy atom. The molecule has 0 unspecified atom stereocenters. The first-order valence-corrected chi connectivity index (χ1v) is 8.81. The van der Waals surface area contributed by atoms with Crippen molar-refractivity contribution in [3.63, 3.8) is 0 Å². The third kappa shape index (κ3) is 4.09. The Labute approximate surface area is 147 Å². The predicted molar refractivity (Wildman–Crippen MR) is 97.7 cm³/mol. The van der Waals surface area contributed by atoms with E-state index in [-0.39, 0.29) is 0 Å². The molecule has 0 amide bonds. The van der Waals surface area contributed by atoms with E-state index in [0.717, 1.165) is 30.9 Å². The normalized spacial score (nSPS) is 16.9. The van der Waals surface area contributed by atoms with E-state index in [4.69, 9.17) is 9.15 Å². The van der Waals surface area contributed by atoms with Crippen LogP contribution in [-0.4, -0.2) is 24.2 Å². The van der Waals surface area contributed by atoms with Gasteiger partial charge in [0, 0.05) is 11.6 Å². The van der Waals surface area contributed by atoms with Crippen LogP contribution in [0.15, 0.2) is 65.4 Å². The van der Waals surface area contributed by atoms with Crippen LogP contribution in [0.5, 0.6) is 5.75 Å². The first-order chi connectivity index (χ1) is 12.4. The van der Waals surface area contributed by atoms with Gasteiger partial charge in [0.05, 0.1) is 6.20 Å². The maximum Gasteiger partial charge on any atom is 0.225 e. The van der Waals surface area contributed by atoms with Crippen LogP contribution in [0.3, 0.4) is 0 Å². The monoisotopic (exact) mass is 334 g/mol. The van der Waals surface area contributed by atoms with Crippen molar-refractivity contribution in [1.29, 1.82) is 0 Å². The number of hydrogen-bond acceptors (Lipinski definition) is 4. The van der Waals surface area contributed by atoms with Crippen molar-refractivity contribution in [2.75, 3.05) is 13.2 Å². The smallest absolute Gasteiger partial charge is 0.225 e. The summed E-state index contributed by atoms with van der Waals surface area (Å²) >= 11 is 0. The Morgan fingerprint density at radius 3 is 2.44 bits per heavy atom. The van der Waals surface area contributed by atoms with Gasteiger partial charge >= 0.3 is 0 Å². The van der Waals surface area contributed by atoms with Crippen molar-refractivity contribution in [3.05, 3.63) is 72.1 Å². The molecule has 1 N–H and O–H groups in total. The lowest BCUT2D eigenvalue weighted by Gasteiger charge is -2.12. The number of ether oxygens (including phenoxy) is 1. The maximum atomic E-state index is 5.87. The largest absolute Gasteiger partial charge is 0.492 e. The summed E-state index contributed by atoms with van der Waals surface area (Å²) in [6, 6.07) is 17.2. The van der Waals surface area contributed by atoms with Gasteiger partial charge in [0.2, 0.25) is 5.89 Å². The highest BCUT2D eigenvalue weighted by Gasteiger charge is 2.14. The molecule has 1 saturated heterocycles. The summed E-state index contributed by atoms with van der Waals surface area (Å²) in [5.74, 6) is 1.60. The Hall–Kier alpha value is -2.59. The van der Waals surface area contributed by atoms with Gasteiger partial charge in [0.25, 0.3) is 0 Å². The zero-order valence-electron chi connectivity index (χ0n) is 14.2. The number of oxazole rings is 1. The summed E-state index contributed by atoms with van der Waals surface area (Å²) in [5.41, 5.74) is 3.53. The van der Waals surface area contributed by atoms with Crippen LogP contribution in [-0.2, 0) is 6.42 Å². The number of nitrogens with zero attached hydrogens (tertiary/aromatic N) is 1. The molecule has 2 heterocycles. The fourth-order valence-electron chi connectivity index (χ4n) is 3.17. The van der Waals surface area contributed by atoms with Gasteiger partial charge in [0.1, 0.15) is 18.6 Å². The summed E-state index contributed by atoms with van der Waals surface area (Å²) < 4.78 is 11.2. The van der Waals surface area contributed by atoms with Gasteiger partial charge in [-0.05, 0) is 61.2 Å². The molecule has 1 fully saturated rings. The Morgan fingerprint density at radius 2 is 1.80 bits per heavy atom. The van der Waals surface area contributed by atoms with E-state index in [2.05, 4.69) is 46.7 Å². The van der Waals surface area contributed by atoms with Crippen LogP contribution in [0.4, 0.5) is 0 Å². The molecule has 128 valence electrons. The number of benzene rings is 2. The molecule has 0 saturated carbocycles. The van der Waals surface area contributed by atoms with Gasteiger partial charge in [-0.2, -0.15) is 0 Å². The van der Waals surface area contributed by atoms with Crippen LogP contribution in [0.2, 0.25) is 0 Å². The van der Waals surface area contributed by atoms with Gasteiger partial charge in [-0.3, -0.25) is 0 Å². The molecule has 1 aliphatic rings. The Bertz CT molecular complexity index is 774. The van der Waals surface area contributed by atoms with E-state index in [0.29, 0.717) is 11.9 Å². The van der Waals surface area contributed by atoms with Gasteiger partial charge < -0.3 is 14.5 Å². The second-order valence-electron chi connectivity index (χ2n) is 6.46. The minimum atomic E-state index is 0.502. The Kier molecular flexibility index (Phi) is 4.79. The van der Waals surface area contributed by atoms with E-state index in [1.165, 1.54) is 24.0 Å². The summed E-state index contributed by atoms with van der Waals surface area (Å²) in [5, 5.41) is 3.45. The summed E-state index contributed by atoms with van der Waals surface area (Å²) in [4.78, 5) is 4.17. The first-order valence-electron chi connectivity index (χ1n) is 8.81. The van der Waals surface area contributed by atoms with Crippen molar-refractivity contribution in [1.82, 2.24) is 10.3 Å². The molecule has 1 atom stereocenters. The standard InChI is InChI=1S/C21H22N2O2/c1-2-19(22-11-1)15-25-20-9-5-17(6-10-20)14-16-3-7-18(8-4-16)21-23-12-13-24-21/h3-10,12-13,19,22H,1-2,11,14-15H2/t19-/m1/s1. The van der Waals surface area contributed by atoms with E-state index in [1.54, 1.807) is 12.5 Å². The van der Waals surface area contributed by atoms with Crippen LogP contribution in [0.25, 0.3) is 11.5 Å². The average molecular weight is 334 g/mol. The van der Waals surface area contributed by atoms with Crippen LogP contribution < -0.4 is 10.1 Å². The van der Waals surface area contributed by atoms with E-state index >= 15 is 0 Å². The summed E-state index contributed by atoms with van der Waals surface area (Å²) in [6.45, 7) is 1.86. The number of aromatic nitrogens is 1. The predicted octanol–water partition coefficient (Wildman–Crippen LogP) is 4.06. The zero-order chi connectivity index (χ0) is 16.9. The minimum absolute atomic E-state index is 0.502. The topological polar surface area (TPSA) is 47.3 Å². The first kappa shape index (κ1) is 15.9. The maximum absolute atomic E-state index is 5.87. The third-order valence-electron chi connectivity index (χ3n) is 4.58. The van der Waals surface area contributed by atoms with Crippen molar-refractivity contribution >= 4 is 0 Å². The molecule has 4 heteroatoms. The lowest BCUT2D eigenvalue weighted by molar-refractivity contribution is 0.277. The highest BCUT2D eigenvalue weighted by molar-refractivity contribution is 5.53. The van der Waals surface area contributed by atoms with Crippen molar-refractivity contribution in [2.45, 2.75) is 25.3 Å². The van der Waals surface area contributed by atoms with Gasteiger partial charge in [-0.1, -0.05) is 24.3 Å². The molecule has 0 bridgehead atoms. The molecule has 4 nitrogen and oxygen atoms in total. The molecule has 4 rings (SSSR count).